The van der Waals surface area contributed by atoms with Crippen LogP contribution in [0.2, 0.25) is 0 Å². The summed E-state index contributed by atoms with van der Waals surface area (Å²) in [7, 11) is 0. The second kappa shape index (κ2) is 3.11. The molecule has 2 nitrogen and oxygen atoms in total. The van der Waals surface area contributed by atoms with E-state index in [0.29, 0.717) is 12.3 Å². The predicted molar refractivity (Wildman–Crippen MR) is 44.3 cm³/mol. The summed E-state index contributed by atoms with van der Waals surface area (Å²) in [5.74, 6) is -0.223. The molecule has 12 heavy (non-hydrogen) atoms. The van der Waals surface area contributed by atoms with E-state index in [1.807, 2.05) is 0 Å². The Hall–Kier alpha value is -1.09. The first-order chi connectivity index (χ1) is 5.88. The average Bonchev–Trinajstić information content (AvgIpc) is 2.57. The number of halogens is 1. The van der Waals surface area contributed by atoms with Gasteiger partial charge in [-0.25, -0.2) is 4.39 Å². The summed E-state index contributed by atoms with van der Waals surface area (Å²) >= 11 is 0. The van der Waals surface area contributed by atoms with Gasteiger partial charge in [-0.1, -0.05) is 12.1 Å². The van der Waals surface area contributed by atoms with E-state index in [1.165, 1.54) is 6.07 Å². The first-order valence-corrected chi connectivity index (χ1v) is 4.03. The molecule has 0 atom stereocenters. The minimum absolute atomic E-state index is 0.223. The zero-order valence-corrected chi connectivity index (χ0v) is 6.66. The molecule has 2 rings (SSSR count). The molecule has 1 aromatic carbocycles. The summed E-state index contributed by atoms with van der Waals surface area (Å²) in [6, 6.07) is 6.65. The van der Waals surface area contributed by atoms with Gasteiger partial charge in [0.1, 0.15) is 5.82 Å². The molecule has 1 heterocycles. The largest absolute Gasteiger partial charge is 0.273 e. The highest BCUT2D eigenvalue weighted by molar-refractivity contribution is 5.45. The Bertz CT molecular complexity index is 271. The zero-order chi connectivity index (χ0) is 8.39. The van der Waals surface area contributed by atoms with Crippen LogP contribution in [0.15, 0.2) is 24.3 Å². The first-order valence-electron chi connectivity index (χ1n) is 4.03. The minimum Gasteiger partial charge on any atom is -0.273 e. The van der Waals surface area contributed by atoms with E-state index in [2.05, 4.69) is 0 Å². The second-order valence-electron chi connectivity index (χ2n) is 2.74. The molecule has 0 aromatic heterocycles. The SMILES string of the molecule is Fc1ccccc1N1CCCO1. The molecule has 0 spiro atoms. The number of nitrogens with zero attached hydrogens (tertiary/aromatic N) is 1. The maximum Gasteiger partial charge on any atom is 0.148 e. The van der Waals surface area contributed by atoms with Gasteiger partial charge in [0.2, 0.25) is 0 Å². The smallest absolute Gasteiger partial charge is 0.148 e. The standard InChI is InChI=1S/C9H10FNO/c10-8-4-1-2-5-9(8)11-6-3-7-12-11/h1-2,4-5H,3,6-7H2. The van der Waals surface area contributed by atoms with E-state index in [1.54, 1.807) is 23.3 Å². The Labute approximate surface area is 70.5 Å². The van der Waals surface area contributed by atoms with Crippen molar-refractivity contribution in [2.75, 3.05) is 18.2 Å². The summed E-state index contributed by atoms with van der Waals surface area (Å²) in [5.41, 5.74) is 0.537. The lowest BCUT2D eigenvalue weighted by atomic mass is 10.3. The van der Waals surface area contributed by atoms with Gasteiger partial charge < -0.3 is 0 Å². The van der Waals surface area contributed by atoms with Gasteiger partial charge in [-0.2, -0.15) is 0 Å². The highest BCUT2D eigenvalue weighted by Gasteiger charge is 2.15. The van der Waals surface area contributed by atoms with Crippen LogP contribution < -0.4 is 5.06 Å². The second-order valence-corrected chi connectivity index (χ2v) is 2.74. The number of para-hydroxylation sites is 1. The van der Waals surface area contributed by atoms with Crippen molar-refractivity contribution in [3.05, 3.63) is 30.1 Å². The monoisotopic (exact) mass is 167 g/mol. The molecule has 0 bridgehead atoms. The van der Waals surface area contributed by atoms with Crippen molar-refractivity contribution in [2.45, 2.75) is 6.42 Å². The lowest BCUT2D eigenvalue weighted by molar-refractivity contribution is 0.166. The van der Waals surface area contributed by atoms with Crippen molar-refractivity contribution in [3.8, 4) is 0 Å². The number of hydroxylamine groups is 1. The van der Waals surface area contributed by atoms with Gasteiger partial charge in [0.25, 0.3) is 0 Å². The maximum atomic E-state index is 13.1. The highest BCUT2D eigenvalue weighted by atomic mass is 19.1. The highest BCUT2D eigenvalue weighted by Crippen LogP contribution is 2.21. The van der Waals surface area contributed by atoms with E-state index < -0.39 is 0 Å². The molecular formula is C9H10FNO. The van der Waals surface area contributed by atoms with Crippen LogP contribution in [-0.4, -0.2) is 13.2 Å². The van der Waals surface area contributed by atoms with Crippen molar-refractivity contribution in [2.24, 2.45) is 0 Å². The van der Waals surface area contributed by atoms with E-state index in [0.717, 1.165) is 13.0 Å². The van der Waals surface area contributed by atoms with Crippen LogP contribution in [0.3, 0.4) is 0 Å². The number of hydrogen-bond acceptors (Lipinski definition) is 2. The molecule has 1 aliphatic heterocycles. The third-order valence-electron chi connectivity index (χ3n) is 1.87. The fraction of sp³-hybridized carbons (Fsp3) is 0.333. The van der Waals surface area contributed by atoms with Crippen LogP contribution in [0.25, 0.3) is 0 Å². The van der Waals surface area contributed by atoms with Crippen molar-refractivity contribution < 1.29 is 9.23 Å². The Balaban J connectivity index is 2.26. The third-order valence-corrected chi connectivity index (χ3v) is 1.87. The summed E-state index contributed by atoms with van der Waals surface area (Å²) < 4.78 is 13.1. The van der Waals surface area contributed by atoms with Crippen LogP contribution in [0.5, 0.6) is 0 Å². The average molecular weight is 167 g/mol. The molecule has 1 saturated heterocycles. The quantitative estimate of drug-likeness (QED) is 0.634. The normalized spacial score (nSPS) is 16.9. The molecule has 1 aliphatic rings. The van der Waals surface area contributed by atoms with E-state index >= 15 is 0 Å². The van der Waals surface area contributed by atoms with E-state index in [-0.39, 0.29) is 5.82 Å². The Morgan fingerprint density at radius 1 is 1.33 bits per heavy atom. The Kier molecular flexibility index (Phi) is 1.96. The van der Waals surface area contributed by atoms with Gasteiger partial charge in [0, 0.05) is 6.54 Å². The number of benzene rings is 1. The summed E-state index contributed by atoms with van der Waals surface area (Å²) in [6.45, 7) is 1.47. The lowest BCUT2D eigenvalue weighted by Gasteiger charge is -2.15. The van der Waals surface area contributed by atoms with Crippen molar-refractivity contribution >= 4 is 5.69 Å². The molecular weight excluding hydrogens is 157 g/mol. The Morgan fingerprint density at radius 2 is 2.17 bits per heavy atom. The fourth-order valence-electron chi connectivity index (χ4n) is 1.29. The summed E-state index contributed by atoms with van der Waals surface area (Å²) in [5, 5.41) is 1.61. The van der Waals surface area contributed by atoms with Crippen molar-refractivity contribution in [3.63, 3.8) is 0 Å². The Morgan fingerprint density at radius 3 is 2.83 bits per heavy atom. The van der Waals surface area contributed by atoms with E-state index in [4.69, 9.17) is 4.84 Å². The van der Waals surface area contributed by atoms with Gasteiger partial charge >= 0.3 is 0 Å². The molecule has 3 heteroatoms. The van der Waals surface area contributed by atoms with Gasteiger partial charge in [-0.05, 0) is 18.6 Å². The molecule has 64 valence electrons. The molecule has 0 saturated carbocycles. The predicted octanol–water partition coefficient (Wildman–Crippen LogP) is 1.97. The number of anilines is 1. The summed E-state index contributed by atoms with van der Waals surface area (Å²) in [6.07, 6.45) is 0.967. The van der Waals surface area contributed by atoms with Crippen LogP contribution in [0.4, 0.5) is 10.1 Å². The molecule has 0 aliphatic carbocycles. The van der Waals surface area contributed by atoms with Crippen LogP contribution in [0, 0.1) is 5.82 Å². The minimum atomic E-state index is -0.223. The molecule has 0 N–H and O–H groups in total. The van der Waals surface area contributed by atoms with E-state index in [9.17, 15) is 4.39 Å². The van der Waals surface area contributed by atoms with Crippen molar-refractivity contribution in [1.82, 2.24) is 0 Å². The van der Waals surface area contributed by atoms with Gasteiger partial charge in [-0.3, -0.25) is 9.90 Å². The molecule has 0 radical (unpaired) electrons. The number of rotatable bonds is 1. The van der Waals surface area contributed by atoms with Crippen LogP contribution in [-0.2, 0) is 4.84 Å². The third kappa shape index (κ3) is 1.28. The summed E-state index contributed by atoms with van der Waals surface area (Å²) in [4.78, 5) is 5.21. The first kappa shape index (κ1) is 7.55. The molecule has 1 aromatic rings. The van der Waals surface area contributed by atoms with Gasteiger partial charge in [-0.15, -0.1) is 0 Å². The molecule has 0 unspecified atom stereocenters. The van der Waals surface area contributed by atoms with Gasteiger partial charge in [0.05, 0.1) is 12.3 Å². The maximum absolute atomic E-state index is 13.1. The topological polar surface area (TPSA) is 12.5 Å². The molecule has 1 fully saturated rings. The zero-order valence-electron chi connectivity index (χ0n) is 6.66. The van der Waals surface area contributed by atoms with Crippen LogP contribution >= 0.6 is 0 Å². The lowest BCUT2D eigenvalue weighted by Crippen LogP contribution is -2.17. The number of hydrogen-bond donors (Lipinski definition) is 0. The fourth-order valence-corrected chi connectivity index (χ4v) is 1.29. The van der Waals surface area contributed by atoms with Gasteiger partial charge in [0.15, 0.2) is 0 Å². The van der Waals surface area contributed by atoms with Crippen LogP contribution in [0.1, 0.15) is 6.42 Å². The van der Waals surface area contributed by atoms with Crippen molar-refractivity contribution in [1.29, 1.82) is 0 Å². The molecule has 0 amide bonds.